The maximum atomic E-state index is 12.7. The van der Waals surface area contributed by atoms with E-state index in [9.17, 15) is 9.59 Å². The Morgan fingerprint density at radius 1 is 1.11 bits per heavy atom. The summed E-state index contributed by atoms with van der Waals surface area (Å²) in [6.45, 7) is 6.64. The van der Waals surface area contributed by atoms with Gasteiger partial charge in [-0.25, -0.2) is 0 Å². The molecule has 142 valence electrons. The van der Waals surface area contributed by atoms with E-state index >= 15 is 0 Å². The second-order valence-corrected chi connectivity index (χ2v) is 6.63. The Kier molecular flexibility index (Phi) is 6.03. The molecule has 1 fully saturated rings. The monoisotopic (exact) mass is 368 g/mol. The zero-order chi connectivity index (χ0) is 19.2. The molecule has 0 aliphatic carbocycles. The molecular weight excluding hydrogens is 344 g/mol. The highest BCUT2D eigenvalue weighted by molar-refractivity contribution is 6.06. The second-order valence-electron chi connectivity index (χ2n) is 6.63. The number of rotatable bonds is 5. The van der Waals surface area contributed by atoms with Gasteiger partial charge in [0.2, 0.25) is 0 Å². The SMILES string of the molecule is CC(C)NC(=O)c1ccnc(C(=O)Nc2ccccc2N2CCOCC2)c1. The molecule has 2 aromatic rings. The van der Waals surface area contributed by atoms with Gasteiger partial charge in [0, 0.05) is 30.9 Å². The van der Waals surface area contributed by atoms with E-state index in [1.54, 1.807) is 6.07 Å². The number of carbonyl (C=O) groups is 2. The molecule has 2 N–H and O–H groups in total. The fourth-order valence-electron chi connectivity index (χ4n) is 2.89. The average Bonchev–Trinajstić information content (AvgIpc) is 2.68. The Bertz CT molecular complexity index is 816. The molecule has 1 aromatic carbocycles. The highest BCUT2D eigenvalue weighted by Crippen LogP contribution is 2.26. The van der Waals surface area contributed by atoms with Gasteiger partial charge in [0.05, 0.1) is 24.6 Å². The van der Waals surface area contributed by atoms with Gasteiger partial charge in [0.1, 0.15) is 5.69 Å². The quantitative estimate of drug-likeness (QED) is 0.846. The van der Waals surface area contributed by atoms with Crippen LogP contribution in [0.5, 0.6) is 0 Å². The van der Waals surface area contributed by atoms with E-state index in [1.165, 1.54) is 12.3 Å². The van der Waals surface area contributed by atoms with Gasteiger partial charge in [-0.1, -0.05) is 12.1 Å². The third kappa shape index (κ3) is 4.83. The van der Waals surface area contributed by atoms with Crippen LogP contribution in [0, 0.1) is 0 Å². The van der Waals surface area contributed by atoms with Crippen LogP contribution in [-0.4, -0.2) is 49.1 Å². The molecule has 1 aliphatic heterocycles. The molecule has 1 aliphatic rings. The van der Waals surface area contributed by atoms with Gasteiger partial charge in [-0.05, 0) is 38.1 Å². The first kappa shape index (κ1) is 18.8. The Hall–Kier alpha value is -2.93. The third-order valence-corrected chi connectivity index (χ3v) is 4.18. The standard InChI is InChI=1S/C20H24N4O3/c1-14(2)22-19(25)15-7-8-21-17(13-15)20(26)23-16-5-3-4-6-18(16)24-9-11-27-12-10-24/h3-8,13-14H,9-12H2,1-2H3,(H,22,25)(H,23,26). The third-order valence-electron chi connectivity index (χ3n) is 4.18. The van der Waals surface area contributed by atoms with E-state index < -0.39 is 0 Å². The highest BCUT2D eigenvalue weighted by atomic mass is 16.5. The van der Waals surface area contributed by atoms with Crippen LogP contribution in [-0.2, 0) is 4.74 Å². The van der Waals surface area contributed by atoms with Gasteiger partial charge >= 0.3 is 0 Å². The molecule has 27 heavy (non-hydrogen) atoms. The van der Waals surface area contributed by atoms with Crippen molar-refractivity contribution in [3.8, 4) is 0 Å². The molecule has 0 spiro atoms. The summed E-state index contributed by atoms with van der Waals surface area (Å²) in [5.41, 5.74) is 2.26. The molecule has 1 aromatic heterocycles. The first-order valence-corrected chi connectivity index (χ1v) is 9.04. The Morgan fingerprint density at radius 2 is 1.85 bits per heavy atom. The van der Waals surface area contributed by atoms with Crippen LogP contribution in [0.15, 0.2) is 42.6 Å². The van der Waals surface area contributed by atoms with Crippen molar-refractivity contribution in [1.82, 2.24) is 10.3 Å². The van der Waals surface area contributed by atoms with Gasteiger partial charge < -0.3 is 20.3 Å². The van der Waals surface area contributed by atoms with Crippen LogP contribution < -0.4 is 15.5 Å². The second kappa shape index (κ2) is 8.64. The number of hydrogen-bond donors (Lipinski definition) is 2. The predicted octanol–water partition coefficient (Wildman–Crippen LogP) is 2.31. The number of carbonyl (C=O) groups excluding carboxylic acids is 2. The number of ether oxygens (including phenoxy) is 1. The summed E-state index contributed by atoms with van der Waals surface area (Å²) in [7, 11) is 0. The van der Waals surface area contributed by atoms with Crippen LogP contribution in [0.4, 0.5) is 11.4 Å². The number of pyridine rings is 1. The van der Waals surface area contributed by atoms with E-state index in [2.05, 4.69) is 20.5 Å². The molecule has 2 heterocycles. The number of anilines is 2. The summed E-state index contributed by atoms with van der Waals surface area (Å²) >= 11 is 0. The van der Waals surface area contributed by atoms with Crippen LogP contribution in [0.3, 0.4) is 0 Å². The maximum absolute atomic E-state index is 12.7. The molecule has 0 unspecified atom stereocenters. The Labute approximate surface area is 158 Å². The molecule has 1 saturated heterocycles. The Balaban J connectivity index is 1.77. The van der Waals surface area contributed by atoms with Gasteiger partial charge in [0.25, 0.3) is 11.8 Å². The molecule has 3 rings (SSSR count). The lowest BCUT2D eigenvalue weighted by molar-refractivity contribution is 0.0943. The molecule has 7 heteroatoms. The van der Waals surface area contributed by atoms with Crippen LogP contribution in [0.2, 0.25) is 0 Å². The van der Waals surface area contributed by atoms with Crippen molar-refractivity contribution < 1.29 is 14.3 Å². The fraction of sp³-hybridized carbons (Fsp3) is 0.350. The first-order chi connectivity index (χ1) is 13.0. The first-order valence-electron chi connectivity index (χ1n) is 9.04. The van der Waals surface area contributed by atoms with E-state index in [0.717, 1.165) is 18.8 Å². The Morgan fingerprint density at radius 3 is 2.59 bits per heavy atom. The van der Waals surface area contributed by atoms with Crippen molar-refractivity contribution in [3.05, 3.63) is 53.9 Å². The predicted molar refractivity (Wildman–Crippen MR) is 104 cm³/mol. The summed E-state index contributed by atoms with van der Waals surface area (Å²) in [4.78, 5) is 31.2. The molecule has 0 bridgehead atoms. The summed E-state index contributed by atoms with van der Waals surface area (Å²) in [5, 5.41) is 5.73. The van der Waals surface area contributed by atoms with E-state index in [1.807, 2.05) is 38.1 Å². The average molecular weight is 368 g/mol. The number of aromatic nitrogens is 1. The van der Waals surface area contributed by atoms with Gasteiger partial charge in [-0.15, -0.1) is 0 Å². The number of morpholine rings is 1. The van der Waals surface area contributed by atoms with Crippen molar-refractivity contribution in [1.29, 1.82) is 0 Å². The number of benzene rings is 1. The summed E-state index contributed by atoms with van der Waals surface area (Å²) in [6.07, 6.45) is 1.47. The molecular formula is C20H24N4O3. The summed E-state index contributed by atoms with van der Waals surface area (Å²) in [6, 6.07) is 10.8. The summed E-state index contributed by atoms with van der Waals surface area (Å²) in [5.74, 6) is -0.579. The minimum Gasteiger partial charge on any atom is -0.378 e. The van der Waals surface area contributed by atoms with Gasteiger partial charge in [-0.2, -0.15) is 0 Å². The molecule has 0 radical (unpaired) electrons. The molecule has 0 saturated carbocycles. The normalized spacial score (nSPS) is 14.1. The smallest absolute Gasteiger partial charge is 0.274 e. The van der Waals surface area contributed by atoms with Crippen molar-refractivity contribution in [3.63, 3.8) is 0 Å². The lowest BCUT2D eigenvalue weighted by Crippen LogP contribution is -2.36. The lowest BCUT2D eigenvalue weighted by atomic mass is 10.2. The van der Waals surface area contributed by atoms with E-state index in [4.69, 9.17) is 4.74 Å². The lowest BCUT2D eigenvalue weighted by Gasteiger charge is -2.30. The zero-order valence-electron chi connectivity index (χ0n) is 15.6. The number of amides is 2. The summed E-state index contributed by atoms with van der Waals surface area (Å²) < 4.78 is 5.40. The van der Waals surface area contributed by atoms with E-state index in [-0.39, 0.29) is 23.6 Å². The van der Waals surface area contributed by atoms with Crippen LogP contribution in [0.1, 0.15) is 34.7 Å². The number of para-hydroxylation sites is 2. The topological polar surface area (TPSA) is 83.6 Å². The number of hydrogen-bond acceptors (Lipinski definition) is 5. The number of nitrogens with one attached hydrogen (secondary N) is 2. The van der Waals surface area contributed by atoms with Gasteiger partial charge in [-0.3, -0.25) is 14.6 Å². The number of nitrogens with zero attached hydrogens (tertiary/aromatic N) is 2. The molecule has 7 nitrogen and oxygen atoms in total. The van der Waals surface area contributed by atoms with Crippen molar-refractivity contribution >= 4 is 23.2 Å². The van der Waals surface area contributed by atoms with Crippen molar-refractivity contribution in [2.24, 2.45) is 0 Å². The zero-order valence-corrected chi connectivity index (χ0v) is 15.6. The van der Waals surface area contributed by atoms with Crippen molar-refractivity contribution in [2.75, 3.05) is 36.5 Å². The van der Waals surface area contributed by atoms with E-state index in [0.29, 0.717) is 24.5 Å². The molecule has 0 atom stereocenters. The minimum absolute atomic E-state index is 0.0170. The maximum Gasteiger partial charge on any atom is 0.274 e. The van der Waals surface area contributed by atoms with Crippen LogP contribution >= 0.6 is 0 Å². The largest absolute Gasteiger partial charge is 0.378 e. The van der Waals surface area contributed by atoms with Crippen LogP contribution in [0.25, 0.3) is 0 Å². The molecule has 2 amide bonds. The fourth-order valence-corrected chi connectivity index (χ4v) is 2.89. The highest BCUT2D eigenvalue weighted by Gasteiger charge is 2.17. The van der Waals surface area contributed by atoms with Crippen molar-refractivity contribution in [2.45, 2.75) is 19.9 Å². The minimum atomic E-state index is -0.352. The van der Waals surface area contributed by atoms with Gasteiger partial charge in [0.15, 0.2) is 0 Å².